The van der Waals surface area contributed by atoms with Gasteiger partial charge in [0.2, 0.25) is 0 Å². The van der Waals surface area contributed by atoms with Crippen LogP contribution in [0.3, 0.4) is 0 Å². The van der Waals surface area contributed by atoms with Gasteiger partial charge in [-0.2, -0.15) is 0 Å². The molecule has 5 nitrogen and oxygen atoms in total. The topological polar surface area (TPSA) is 52.6 Å². The maximum Gasteiger partial charge on any atom is 0.191 e. The molecule has 0 bridgehead atoms. The predicted molar refractivity (Wildman–Crippen MR) is 117 cm³/mol. The van der Waals surface area contributed by atoms with Crippen LogP contribution in [0.25, 0.3) is 0 Å². The average Bonchev–Trinajstić information content (AvgIpc) is 2.60. The fourth-order valence-corrected chi connectivity index (χ4v) is 2.43. The Kier molecular flexibility index (Phi) is 9.91. The molecular weight excluding hydrogens is 425 g/mol. The second-order valence-electron chi connectivity index (χ2n) is 5.74. The lowest BCUT2D eigenvalue weighted by molar-refractivity contribution is 0.799. The normalized spacial score (nSPS) is 10.8. The van der Waals surface area contributed by atoms with Crippen LogP contribution in [0, 0.1) is 0 Å². The van der Waals surface area contributed by atoms with Gasteiger partial charge in [-0.25, -0.2) is 9.98 Å². The number of anilines is 1. The maximum atomic E-state index is 4.69. The van der Waals surface area contributed by atoms with Crippen LogP contribution in [-0.4, -0.2) is 38.1 Å². The zero-order valence-corrected chi connectivity index (χ0v) is 17.5. The molecule has 2 rings (SSSR count). The van der Waals surface area contributed by atoms with Crippen molar-refractivity contribution in [1.82, 2.24) is 15.6 Å². The number of rotatable bonds is 7. The summed E-state index contributed by atoms with van der Waals surface area (Å²) < 4.78 is 0. The number of pyridine rings is 1. The average molecular weight is 453 g/mol. The first-order chi connectivity index (χ1) is 11.7. The summed E-state index contributed by atoms with van der Waals surface area (Å²) >= 11 is 0. The van der Waals surface area contributed by atoms with E-state index in [9.17, 15) is 0 Å². The Hall–Kier alpha value is -1.83. The zero-order chi connectivity index (χ0) is 17.2. The largest absolute Gasteiger partial charge is 0.362 e. The first kappa shape index (κ1) is 21.2. The van der Waals surface area contributed by atoms with Gasteiger partial charge in [0, 0.05) is 38.9 Å². The van der Waals surface area contributed by atoms with E-state index in [1.54, 1.807) is 0 Å². The van der Waals surface area contributed by atoms with Crippen molar-refractivity contribution in [2.24, 2.45) is 4.99 Å². The Bertz CT molecular complexity index is 643. The molecule has 2 N–H and O–H groups in total. The third kappa shape index (κ3) is 7.29. The highest BCUT2D eigenvalue weighted by Crippen LogP contribution is 2.15. The molecule has 0 amide bonds. The van der Waals surface area contributed by atoms with E-state index in [1.807, 2.05) is 37.3 Å². The third-order valence-corrected chi connectivity index (χ3v) is 3.59. The molecule has 0 unspecified atom stereocenters. The predicted octanol–water partition coefficient (Wildman–Crippen LogP) is 3.06. The molecule has 0 aliphatic rings. The summed E-state index contributed by atoms with van der Waals surface area (Å²) in [6, 6.07) is 14.5. The summed E-state index contributed by atoms with van der Waals surface area (Å²) in [6.07, 6.45) is 2.78. The van der Waals surface area contributed by atoms with Crippen LogP contribution in [-0.2, 0) is 13.0 Å². The number of halogens is 1. The molecule has 0 radical (unpaired) electrons. The number of hydrogen-bond acceptors (Lipinski definition) is 3. The van der Waals surface area contributed by atoms with Crippen molar-refractivity contribution in [3.63, 3.8) is 0 Å². The minimum Gasteiger partial charge on any atom is -0.362 e. The lowest BCUT2D eigenvalue weighted by Gasteiger charge is -2.15. The van der Waals surface area contributed by atoms with Gasteiger partial charge in [0.05, 0.1) is 6.54 Å². The highest BCUT2D eigenvalue weighted by atomic mass is 127. The van der Waals surface area contributed by atoms with Crippen molar-refractivity contribution in [1.29, 1.82) is 0 Å². The first-order valence-corrected chi connectivity index (χ1v) is 8.38. The monoisotopic (exact) mass is 453 g/mol. The minimum atomic E-state index is 0. The van der Waals surface area contributed by atoms with E-state index in [2.05, 4.69) is 57.9 Å². The Morgan fingerprint density at radius 3 is 2.52 bits per heavy atom. The summed E-state index contributed by atoms with van der Waals surface area (Å²) in [5.41, 5.74) is 2.44. The van der Waals surface area contributed by atoms with Crippen LogP contribution < -0.4 is 15.5 Å². The molecule has 0 saturated heterocycles. The van der Waals surface area contributed by atoms with Crippen molar-refractivity contribution >= 4 is 35.8 Å². The van der Waals surface area contributed by atoms with Gasteiger partial charge in [-0.1, -0.05) is 36.4 Å². The Labute approximate surface area is 168 Å². The minimum absolute atomic E-state index is 0. The van der Waals surface area contributed by atoms with Crippen LogP contribution in [0.2, 0.25) is 0 Å². The summed E-state index contributed by atoms with van der Waals surface area (Å²) in [6.45, 7) is 4.36. The maximum absolute atomic E-state index is 4.69. The van der Waals surface area contributed by atoms with Crippen LogP contribution in [0.4, 0.5) is 5.82 Å². The highest BCUT2D eigenvalue weighted by Gasteiger charge is 2.05. The van der Waals surface area contributed by atoms with Crippen molar-refractivity contribution < 1.29 is 0 Å². The smallest absolute Gasteiger partial charge is 0.191 e. The molecule has 0 aliphatic carbocycles. The van der Waals surface area contributed by atoms with Crippen LogP contribution in [0.1, 0.15) is 18.1 Å². The first-order valence-electron chi connectivity index (χ1n) is 8.38. The molecule has 25 heavy (non-hydrogen) atoms. The van der Waals surface area contributed by atoms with Gasteiger partial charge in [-0.3, -0.25) is 0 Å². The van der Waals surface area contributed by atoms with Crippen molar-refractivity contribution in [2.45, 2.75) is 19.9 Å². The molecule has 0 fully saturated rings. The number of aliphatic imine (C=N–C) groups is 1. The standard InChI is InChI=1S/C19H27N5.HI/c1-4-20-19(22-14-12-16-9-6-5-7-10-16)23-15-17-11-8-13-21-18(17)24(2)3;/h5-11,13H,4,12,14-15H2,1-3H3,(H2,20,22,23);1H. The van der Waals surface area contributed by atoms with Gasteiger partial charge in [0.1, 0.15) is 5.82 Å². The lowest BCUT2D eigenvalue weighted by Crippen LogP contribution is -2.38. The van der Waals surface area contributed by atoms with E-state index < -0.39 is 0 Å². The van der Waals surface area contributed by atoms with Crippen molar-refractivity contribution in [2.75, 3.05) is 32.1 Å². The van der Waals surface area contributed by atoms with E-state index in [-0.39, 0.29) is 24.0 Å². The van der Waals surface area contributed by atoms with Gasteiger partial charge in [0.25, 0.3) is 0 Å². The highest BCUT2D eigenvalue weighted by molar-refractivity contribution is 14.0. The lowest BCUT2D eigenvalue weighted by atomic mass is 10.1. The van der Waals surface area contributed by atoms with Gasteiger partial charge in [-0.05, 0) is 25.0 Å². The van der Waals surface area contributed by atoms with E-state index in [1.165, 1.54) is 5.56 Å². The second kappa shape index (κ2) is 11.7. The number of benzene rings is 1. The van der Waals surface area contributed by atoms with E-state index in [4.69, 9.17) is 0 Å². The number of hydrogen-bond donors (Lipinski definition) is 2. The fourth-order valence-electron chi connectivity index (χ4n) is 2.43. The van der Waals surface area contributed by atoms with Crippen LogP contribution in [0.15, 0.2) is 53.7 Å². The molecule has 6 heteroatoms. The molecule has 0 spiro atoms. The van der Waals surface area contributed by atoms with Crippen LogP contribution >= 0.6 is 24.0 Å². The summed E-state index contributed by atoms with van der Waals surface area (Å²) in [7, 11) is 4.00. The third-order valence-electron chi connectivity index (χ3n) is 3.59. The molecule has 0 aliphatic heterocycles. The number of aromatic nitrogens is 1. The molecule has 136 valence electrons. The Morgan fingerprint density at radius 2 is 1.84 bits per heavy atom. The molecule has 1 heterocycles. The zero-order valence-electron chi connectivity index (χ0n) is 15.2. The number of guanidine groups is 1. The molecule has 0 atom stereocenters. The van der Waals surface area contributed by atoms with Gasteiger partial charge < -0.3 is 15.5 Å². The fraction of sp³-hybridized carbons (Fsp3) is 0.368. The van der Waals surface area contributed by atoms with E-state index in [0.29, 0.717) is 6.54 Å². The van der Waals surface area contributed by atoms with Crippen LogP contribution in [0.5, 0.6) is 0 Å². The number of nitrogens with zero attached hydrogens (tertiary/aromatic N) is 3. The number of nitrogens with one attached hydrogen (secondary N) is 2. The summed E-state index contributed by atoms with van der Waals surface area (Å²) in [5.74, 6) is 1.79. The van der Waals surface area contributed by atoms with Crippen molar-refractivity contribution in [3.8, 4) is 0 Å². The second-order valence-corrected chi connectivity index (χ2v) is 5.74. The summed E-state index contributed by atoms with van der Waals surface area (Å²) in [5, 5.41) is 6.69. The molecule has 0 saturated carbocycles. The Morgan fingerprint density at radius 1 is 1.08 bits per heavy atom. The molecule has 1 aromatic heterocycles. The Balaban J connectivity index is 0.00000312. The van der Waals surface area contributed by atoms with E-state index >= 15 is 0 Å². The molecule has 1 aromatic carbocycles. The summed E-state index contributed by atoms with van der Waals surface area (Å²) in [4.78, 5) is 11.1. The van der Waals surface area contributed by atoms with Crippen molar-refractivity contribution in [3.05, 3.63) is 59.8 Å². The van der Waals surface area contributed by atoms with E-state index in [0.717, 1.165) is 36.9 Å². The molecular formula is C19H28IN5. The molecule has 2 aromatic rings. The van der Waals surface area contributed by atoms with Gasteiger partial charge in [-0.15, -0.1) is 24.0 Å². The SMILES string of the molecule is CCNC(=NCc1cccnc1N(C)C)NCCc1ccccc1.I. The van der Waals surface area contributed by atoms with Gasteiger partial charge in [0.15, 0.2) is 5.96 Å². The quantitative estimate of drug-likeness (QED) is 0.385. The van der Waals surface area contributed by atoms with Gasteiger partial charge >= 0.3 is 0 Å².